The minimum absolute atomic E-state index is 0.225. The molecule has 0 aliphatic rings. The predicted molar refractivity (Wildman–Crippen MR) is 76.0 cm³/mol. The number of nitrogens with zero attached hydrogens (tertiary/aromatic N) is 1. The lowest BCUT2D eigenvalue weighted by Crippen LogP contribution is -2.30. The van der Waals surface area contributed by atoms with Crippen LogP contribution in [-0.4, -0.2) is 28.8 Å². The van der Waals surface area contributed by atoms with Gasteiger partial charge in [-0.15, -0.1) is 0 Å². The third-order valence-electron chi connectivity index (χ3n) is 2.74. The molecule has 112 valence electrons. The maximum absolute atomic E-state index is 11.8. The molecule has 0 bridgehead atoms. The topological polar surface area (TPSA) is 84.6 Å². The number of rotatable bonds is 6. The first-order chi connectivity index (χ1) is 10.0. The lowest BCUT2D eigenvalue weighted by Gasteiger charge is -2.08. The predicted octanol–water partition coefficient (Wildman–Crippen LogP) is 1.67. The smallest absolute Gasteiger partial charge is 0.251 e. The van der Waals surface area contributed by atoms with Crippen molar-refractivity contribution in [2.45, 2.75) is 26.6 Å². The van der Waals surface area contributed by atoms with Crippen LogP contribution in [0.2, 0.25) is 0 Å². The van der Waals surface area contributed by atoms with Crippen molar-refractivity contribution in [2.75, 3.05) is 6.54 Å². The first kappa shape index (κ1) is 15.1. The third kappa shape index (κ3) is 4.61. The van der Waals surface area contributed by atoms with Gasteiger partial charge in [0.1, 0.15) is 23.8 Å². The highest BCUT2D eigenvalue weighted by Crippen LogP contribution is 2.14. The number of carbonyl (C=O) groups excluding carboxylic acids is 1. The van der Waals surface area contributed by atoms with Gasteiger partial charge >= 0.3 is 0 Å². The largest absolute Gasteiger partial charge is 0.487 e. The average Bonchev–Trinajstić information content (AvgIpc) is 2.89. The van der Waals surface area contributed by atoms with E-state index in [1.165, 1.54) is 0 Å². The van der Waals surface area contributed by atoms with Crippen LogP contribution >= 0.6 is 0 Å². The van der Waals surface area contributed by atoms with Gasteiger partial charge in [0.15, 0.2) is 0 Å². The number of aromatic nitrogens is 1. The van der Waals surface area contributed by atoms with Crippen LogP contribution < -0.4 is 10.1 Å². The molecule has 21 heavy (non-hydrogen) atoms. The summed E-state index contributed by atoms with van der Waals surface area (Å²) >= 11 is 0. The van der Waals surface area contributed by atoms with E-state index >= 15 is 0 Å². The molecule has 6 nitrogen and oxygen atoms in total. The Morgan fingerprint density at radius 2 is 2.14 bits per heavy atom. The lowest BCUT2D eigenvalue weighted by molar-refractivity contribution is 0.0924. The highest BCUT2D eigenvalue weighted by Gasteiger charge is 2.07. The number of aliphatic hydroxyl groups is 1. The van der Waals surface area contributed by atoms with Crippen LogP contribution in [0.1, 0.15) is 28.7 Å². The first-order valence-electron chi connectivity index (χ1n) is 6.66. The quantitative estimate of drug-likeness (QED) is 0.845. The van der Waals surface area contributed by atoms with Crippen molar-refractivity contribution < 1.29 is 19.2 Å². The number of aliphatic hydroxyl groups excluding tert-OH is 1. The zero-order valence-corrected chi connectivity index (χ0v) is 12.0. The summed E-state index contributed by atoms with van der Waals surface area (Å²) in [6.45, 7) is 3.97. The van der Waals surface area contributed by atoms with E-state index in [2.05, 4.69) is 10.5 Å². The molecule has 6 heteroatoms. The van der Waals surface area contributed by atoms with E-state index in [-0.39, 0.29) is 12.5 Å². The molecule has 0 aliphatic heterocycles. The van der Waals surface area contributed by atoms with Gasteiger partial charge in [-0.1, -0.05) is 5.16 Å². The number of benzene rings is 1. The molecule has 2 N–H and O–H groups in total. The van der Waals surface area contributed by atoms with Gasteiger partial charge in [0.2, 0.25) is 0 Å². The fourth-order valence-electron chi connectivity index (χ4n) is 1.69. The van der Waals surface area contributed by atoms with E-state index in [9.17, 15) is 4.79 Å². The van der Waals surface area contributed by atoms with E-state index in [0.717, 1.165) is 5.76 Å². The molecular weight excluding hydrogens is 272 g/mol. The molecule has 0 saturated heterocycles. The number of hydrogen-bond donors (Lipinski definition) is 2. The molecule has 0 aliphatic carbocycles. The zero-order valence-electron chi connectivity index (χ0n) is 12.0. The summed E-state index contributed by atoms with van der Waals surface area (Å²) in [5, 5.41) is 15.6. The average molecular weight is 290 g/mol. The number of carbonyl (C=O) groups is 1. The maximum atomic E-state index is 11.8. The fraction of sp³-hybridized carbons (Fsp3) is 0.333. The number of amides is 1. The molecule has 1 heterocycles. The molecule has 0 unspecified atom stereocenters. The third-order valence-corrected chi connectivity index (χ3v) is 2.74. The van der Waals surface area contributed by atoms with Crippen LogP contribution in [0.25, 0.3) is 0 Å². The Morgan fingerprint density at radius 3 is 2.71 bits per heavy atom. The van der Waals surface area contributed by atoms with Gasteiger partial charge in [-0.05, 0) is 38.1 Å². The minimum Gasteiger partial charge on any atom is -0.487 e. The summed E-state index contributed by atoms with van der Waals surface area (Å²) in [5.74, 6) is 1.15. The Bertz CT molecular complexity index is 590. The van der Waals surface area contributed by atoms with Crippen molar-refractivity contribution >= 4 is 5.91 Å². The molecule has 2 rings (SSSR count). The van der Waals surface area contributed by atoms with Crippen molar-refractivity contribution in [3.63, 3.8) is 0 Å². The van der Waals surface area contributed by atoms with E-state index in [1.54, 1.807) is 37.3 Å². The molecule has 1 amide bonds. The van der Waals surface area contributed by atoms with Crippen LogP contribution in [0.5, 0.6) is 5.75 Å². The molecule has 1 atom stereocenters. The number of hydrogen-bond acceptors (Lipinski definition) is 5. The molecule has 1 aromatic carbocycles. The highest BCUT2D eigenvalue weighted by atomic mass is 16.5. The Labute approximate surface area is 122 Å². The second-order valence-electron chi connectivity index (χ2n) is 4.80. The van der Waals surface area contributed by atoms with Gasteiger partial charge in [-0.3, -0.25) is 4.79 Å². The van der Waals surface area contributed by atoms with Gasteiger partial charge in [0, 0.05) is 18.2 Å². The molecule has 0 spiro atoms. The summed E-state index contributed by atoms with van der Waals surface area (Å²) in [6.07, 6.45) is -0.567. The monoisotopic (exact) mass is 290 g/mol. The van der Waals surface area contributed by atoms with E-state index in [1.807, 2.05) is 6.92 Å². The van der Waals surface area contributed by atoms with Crippen molar-refractivity contribution in [3.8, 4) is 5.75 Å². The van der Waals surface area contributed by atoms with E-state index in [0.29, 0.717) is 23.6 Å². The second kappa shape index (κ2) is 6.90. The minimum atomic E-state index is -0.567. The summed E-state index contributed by atoms with van der Waals surface area (Å²) < 4.78 is 10.5. The van der Waals surface area contributed by atoms with Gasteiger partial charge in [0.25, 0.3) is 5.91 Å². The Morgan fingerprint density at radius 1 is 1.43 bits per heavy atom. The summed E-state index contributed by atoms with van der Waals surface area (Å²) in [6, 6.07) is 8.56. The summed E-state index contributed by atoms with van der Waals surface area (Å²) in [4.78, 5) is 11.8. The maximum Gasteiger partial charge on any atom is 0.251 e. The fourth-order valence-corrected chi connectivity index (χ4v) is 1.69. The Hall–Kier alpha value is -2.34. The summed E-state index contributed by atoms with van der Waals surface area (Å²) in [7, 11) is 0. The van der Waals surface area contributed by atoms with Gasteiger partial charge in [0.05, 0.1) is 6.10 Å². The Balaban J connectivity index is 1.88. The van der Waals surface area contributed by atoms with E-state index in [4.69, 9.17) is 14.4 Å². The molecule has 0 saturated carbocycles. The van der Waals surface area contributed by atoms with Crippen molar-refractivity contribution in [3.05, 3.63) is 47.3 Å². The second-order valence-corrected chi connectivity index (χ2v) is 4.80. The molecule has 1 aromatic heterocycles. The lowest BCUT2D eigenvalue weighted by atomic mass is 10.2. The molecular formula is C15H18N2O4. The standard InChI is InChI=1S/C15H18N2O4/c1-10(18)8-16-15(19)12-3-5-14(6-4-12)20-9-13-7-11(2)21-17-13/h3-7,10,18H,8-9H2,1-2H3,(H,16,19)/t10-/m0/s1. The molecule has 2 aromatic rings. The van der Waals surface area contributed by atoms with Gasteiger partial charge in [-0.2, -0.15) is 0 Å². The first-order valence-corrected chi connectivity index (χ1v) is 6.66. The van der Waals surface area contributed by atoms with Crippen LogP contribution in [0.4, 0.5) is 0 Å². The van der Waals surface area contributed by atoms with Crippen molar-refractivity contribution in [2.24, 2.45) is 0 Å². The van der Waals surface area contributed by atoms with Crippen LogP contribution in [-0.2, 0) is 6.61 Å². The van der Waals surface area contributed by atoms with Crippen molar-refractivity contribution in [1.29, 1.82) is 0 Å². The zero-order chi connectivity index (χ0) is 15.2. The highest BCUT2D eigenvalue weighted by molar-refractivity contribution is 5.94. The van der Waals surface area contributed by atoms with Crippen LogP contribution in [0.15, 0.2) is 34.9 Å². The van der Waals surface area contributed by atoms with Gasteiger partial charge < -0.3 is 19.7 Å². The number of ether oxygens (including phenoxy) is 1. The molecule has 0 fully saturated rings. The van der Waals surface area contributed by atoms with Crippen LogP contribution in [0.3, 0.4) is 0 Å². The number of aryl methyl sites for hydroxylation is 1. The normalized spacial score (nSPS) is 12.0. The van der Waals surface area contributed by atoms with Crippen molar-refractivity contribution in [1.82, 2.24) is 10.5 Å². The SMILES string of the molecule is Cc1cc(COc2ccc(C(=O)NC[C@H](C)O)cc2)no1. The number of nitrogens with one attached hydrogen (secondary N) is 1. The Kier molecular flexibility index (Phi) is 4.94. The molecule has 0 radical (unpaired) electrons. The van der Waals surface area contributed by atoms with Crippen LogP contribution in [0, 0.1) is 6.92 Å². The van der Waals surface area contributed by atoms with Gasteiger partial charge in [-0.25, -0.2) is 0 Å². The van der Waals surface area contributed by atoms with E-state index < -0.39 is 6.10 Å². The summed E-state index contributed by atoms with van der Waals surface area (Å²) in [5.41, 5.74) is 1.23.